The summed E-state index contributed by atoms with van der Waals surface area (Å²) in [7, 11) is 0. The van der Waals surface area contributed by atoms with E-state index in [9.17, 15) is 9.59 Å². The van der Waals surface area contributed by atoms with E-state index in [2.05, 4.69) is 0 Å². The lowest BCUT2D eigenvalue weighted by Gasteiger charge is -2.26. The van der Waals surface area contributed by atoms with Crippen LogP contribution in [0.5, 0.6) is 0 Å². The van der Waals surface area contributed by atoms with Crippen LogP contribution in [0.4, 0.5) is 0 Å². The molecule has 6 nitrogen and oxygen atoms in total. The normalized spacial score (nSPS) is 14.5. The van der Waals surface area contributed by atoms with E-state index in [1.807, 2.05) is 49.1 Å². The fourth-order valence-corrected chi connectivity index (χ4v) is 5.33. The Morgan fingerprint density at radius 3 is 2.66 bits per heavy atom. The lowest BCUT2D eigenvalue weighted by molar-refractivity contribution is -0.132. The number of rotatable bonds is 5. The maximum absolute atomic E-state index is 13.3. The monoisotopic (exact) mass is 429 g/mol. The van der Waals surface area contributed by atoms with Crippen LogP contribution < -0.4 is 5.56 Å². The molecule has 4 rings (SSSR count). The van der Waals surface area contributed by atoms with Gasteiger partial charge < -0.3 is 9.64 Å². The highest BCUT2D eigenvalue weighted by atomic mass is 32.2. The van der Waals surface area contributed by atoms with Gasteiger partial charge in [-0.2, -0.15) is 0 Å². The molecule has 0 spiro atoms. The van der Waals surface area contributed by atoms with Crippen molar-refractivity contribution in [1.29, 1.82) is 0 Å². The molecule has 29 heavy (non-hydrogen) atoms. The van der Waals surface area contributed by atoms with Gasteiger partial charge in [-0.05, 0) is 25.0 Å². The van der Waals surface area contributed by atoms with Crippen molar-refractivity contribution in [2.75, 3.05) is 32.1 Å². The summed E-state index contributed by atoms with van der Waals surface area (Å²) in [6.45, 7) is 6.81. The topological polar surface area (TPSA) is 64.4 Å². The van der Waals surface area contributed by atoms with Gasteiger partial charge in [-0.1, -0.05) is 42.1 Å². The maximum atomic E-state index is 13.3. The van der Waals surface area contributed by atoms with E-state index in [-0.39, 0.29) is 17.2 Å². The number of thioether (sulfide) groups is 1. The molecule has 0 bridgehead atoms. The first-order valence-corrected chi connectivity index (χ1v) is 11.4. The van der Waals surface area contributed by atoms with Gasteiger partial charge in [-0.3, -0.25) is 14.2 Å². The number of morpholine rings is 1. The van der Waals surface area contributed by atoms with Crippen molar-refractivity contribution in [3.05, 3.63) is 56.7 Å². The van der Waals surface area contributed by atoms with Gasteiger partial charge in [0.25, 0.3) is 5.56 Å². The summed E-state index contributed by atoms with van der Waals surface area (Å²) in [6, 6.07) is 9.87. The van der Waals surface area contributed by atoms with Crippen molar-refractivity contribution in [1.82, 2.24) is 14.5 Å². The van der Waals surface area contributed by atoms with Gasteiger partial charge >= 0.3 is 0 Å². The van der Waals surface area contributed by atoms with Gasteiger partial charge in [0.15, 0.2) is 5.16 Å². The highest BCUT2D eigenvalue weighted by Crippen LogP contribution is 2.28. The molecule has 3 aromatic rings. The Bertz CT molecular complexity index is 1090. The minimum Gasteiger partial charge on any atom is -0.378 e. The summed E-state index contributed by atoms with van der Waals surface area (Å²) < 4.78 is 7.02. The standard InChI is InChI=1S/C21H23N3O3S2/c1-14-15(2)29-19-18(14)20(26)24(12-16-6-4-3-5-7-16)21(22-19)28-13-17(25)23-8-10-27-11-9-23/h3-7H,8-13H2,1-2H3. The highest BCUT2D eigenvalue weighted by molar-refractivity contribution is 7.99. The Hall–Kier alpha value is -2.16. The van der Waals surface area contributed by atoms with Crippen molar-refractivity contribution < 1.29 is 9.53 Å². The summed E-state index contributed by atoms with van der Waals surface area (Å²) >= 11 is 2.87. The minimum absolute atomic E-state index is 0.0398. The number of thiophene rings is 1. The number of aromatic nitrogens is 2. The zero-order chi connectivity index (χ0) is 20.4. The van der Waals surface area contributed by atoms with Gasteiger partial charge in [-0.15, -0.1) is 11.3 Å². The second-order valence-electron chi connectivity index (χ2n) is 7.02. The van der Waals surface area contributed by atoms with Crippen LogP contribution in [0.15, 0.2) is 40.3 Å². The van der Waals surface area contributed by atoms with Crippen LogP contribution in [0.25, 0.3) is 10.2 Å². The summed E-state index contributed by atoms with van der Waals surface area (Å²) in [6.07, 6.45) is 0. The van der Waals surface area contributed by atoms with Gasteiger partial charge in [0.2, 0.25) is 5.91 Å². The van der Waals surface area contributed by atoms with E-state index in [1.165, 1.54) is 23.1 Å². The van der Waals surface area contributed by atoms with E-state index in [1.54, 1.807) is 4.57 Å². The Balaban J connectivity index is 1.68. The molecule has 0 N–H and O–H groups in total. The molecule has 8 heteroatoms. The molecule has 1 aliphatic rings. The quantitative estimate of drug-likeness (QED) is 0.461. The molecule has 152 valence electrons. The van der Waals surface area contributed by atoms with Gasteiger partial charge in [0.05, 0.1) is 30.9 Å². The van der Waals surface area contributed by atoms with E-state index in [0.29, 0.717) is 43.4 Å². The van der Waals surface area contributed by atoms with Crippen LogP contribution in [0.3, 0.4) is 0 Å². The fraction of sp³-hybridized carbons (Fsp3) is 0.381. The largest absolute Gasteiger partial charge is 0.378 e. The van der Waals surface area contributed by atoms with E-state index in [4.69, 9.17) is 9.72 Å². The summed E-state index contributed by atoms with van der Waals surface area (Å²) in [5.74, 6) is 0.313. The van der Waals surface area contributed by atoms with Crippen molar-refractivity contribution in [3.63, 3.8) is 0 Å². The number of carbonyl (C=O) groups is 1. The Morgan fingerprint density at radius 1 is 1.21 bits per heavy atom. The third-order valence-corrected chi connectivity index (χ3v) is 7.19. The molecule has 0 radical (unpaired) electrons. The number of benzene rings is 1. The van der Waals surface area contributed by atoms with Gasteiger partial charge in [-0.25, -0.2) is 4.98 Å². The molecular weight excluding hydrogens is 406 g/mol. The Labute approximate surface area is 177 Å². The predicted molar refractivity (Wildman–Crippen MR) is 117 cm³/mol. The summed E-state index contributed by atoms with van der Waals surface area (Å²) in [4.78, 5) is 34.4. The van der Waals surface area contributed by atoms with Crippen LogP contribution in [0.2, 0.25) is 0 Å². The molecule has 0 atom stereocenters. The maximum Gasteiger partial charge on any atom is 0.263 e. The first-order valence-electron chi connectivity index (χ1n) is 9.57. The van der Waals surface area contributed by atoms with Gasteiger partial charge in [0.1, 0.15) is 4.83 Å². The highest BCUT2D eigenvalue weighted by Gasteiger charge is 2.20. The Kier molecular flexibility index (Phi) is 6.03. The molecule has 3 heterocycles. The molecule has 1 aromatic carbocycles. The first-order chi connectivity index (χ1) is 14.0. The Morgan fingerprint density at radius 2 is 1.93 bits per heavy atom. The van der Waals surface area contributed by atoms with E-state index in [0.717, 1.165) is 20.8 Å². The molecule has 1 amide bonds. The smallest absolute Gasteiger partial charge is 0.263 e. The van der Waals surface area contributed by atoms with Crippen molar-refractivity contribution >= 4 is 39.2 Å². The number of fused-ring (bicyclic) bond motifs is 1. The molecule has 0 saturated carbocycles. The average Bonchev–Trinajstić information content (AvgIpc) is 3.03. The number of hydrogen-bond donors (Lipinski definition) is 0. The van der Waals surface area contributed by atoms with Crippen LogP contribution in [0, 0.1) is 13.8 Å². The molecule has 1 aliphatic heterocycles. The van der Waals surface area contributed by atoms with E-state index < -0.39 is 0 Å². The number of hydrogen-bond acceptors (Lipinski definition) is 6. The third-order valence-electron chi connectivity index (χ3n) is 5.13. The zero-order valence-electron chi connectivity index (χ0n) is 16.5. The third kappa shape index (κ3) is 4.24. The van der Waals surface area contributed by atoms with Crippen LogP contribution in [-0.4, -0.2) is 52.4 Å². The van der Waals surface area contributed by atoms with Gasteiger partial charge in [0, 0.05) is 18.0 Å². The van der Waals surface area contributed by atoms with Crippen molar-refractivity contribution in [3.8, 4) is 0 Å². The minimum atomic E-state index is -0.0398. The number of amides is 1. The fourth-order valence-electron chi connectivity index (χ4n) is 3.35. The molecule has 1 saturated heterocycles. The van der Waals surface area contributed by atoms with E-state index >= 15 is 0 Å². The molecule has 2 aromatic heterocycles. The molecule has 0 aliphatic carbocycles. The molecule has 0 unspecified atom stereocenters. The molecule has 1 fully saturated rings. The number of nitrogens with zero attached hydrogens (tertiary/aromatic N) is 3. The lowest BCUT2D eigenvalue weighted by atomic mass is 10.2. The summed E-state index contributed by atoms with van der Waals surface area (Å²) in [5, 5.41) is 1.28. The number of aryl methyl sites for hydroxylation is 2. The van der Waals surface area contributed by atoms with Crippen molar-refractivity contribution in [2.24, 2.45) is 0 Å². The number of carbonyl (C=O) groups excluding carboxylic acids is 1. The lowest BCUT2D eigenvalue weighted by Crippen LogP contribution is -2.41. The SMILES string of the molecule is Cc1sc2nc(SCC(=O)N3CCOCC3)n(Cc3ccccc3)c(=O)c2c1C. The van der Waals surface area contributed by atoms with Crippen molar-refractivity contribution in [2.45, 2.75) is 25.5 Å². The summed E-state index contributed by atoms with van der Waals surface area (Å²) in [5.41, 5.74) is 1.98. The second kappa shape index (κ2) is 8.69. The van der Waals surface area contributed by atoms with Crippen LogP contribution in [-0.2, 0) is 16.1 Å². The predicted octanol–water partition coefficient (Wildman–Crippen LogP) is 3.07. The average molecular weight is 430 g/mol. The van der Waals surface area contributed by atoms with Crippen LogP contribution >= 0.6 is 23.1 Å². The van der Waals surface area contributed by atoms with Crippen LogP contribution in [0.1, 0.15) is 16.0 Å². The first kappa shape index (κ1) is 20.1. The molecular formula is C21H23N3O3S2. The second-order valence-corrected chi connectivity index (χ2v) is 9.16. The number of ether oxygens (including phenoxy) is 1. The zero-order valence-corrected chi connectivity index (χ0v) is 18.1.